The number of nitrogens with one attached hydrogen (secondary N) is 1. The standard InChI is InChI=1S/C22H25ClN4O2/c1-15-20(22(29)25-26-13-5-2-6-14-26)24-27(19-8-4-3-7-18(19)23)21(15)16-9-11-17(28)12-10-16/h3-4,7-12,15,21,28H,2,5-6,13-14H2,1H3,(H,25,29)/t15-,21-/m0/s1. The van der Waals surface area contributed by atoms with Crippen LogP contribution in [0.25, 0.3) is 0 Å². The number of hydrazone groups is 1. The zero-order chi connectivity index (χ0) is 20.4. The number of phenolic OH excluding ortho intramolecular Hbond substituents is 1. The molecular formula is C22H25ClN4O2. The molecule has 0 saturated carbocycles. The van der Waals surface area contributed by atoms with E-state index in [1.807, 2.05) is 53.3 Å². The van der Waals surface area contributed by atoms with Crippen molar-refractivity contribution in [3.05, 3.63) is 59.1 Å². The summed E-state index contributed by atoms with van der Waals surface area (Å²) in [5, 5.41) is 18.8. The minimum atomic E-state index is -0.197. The second-order valence-corrected chi connectivity index (χ2v) is 8.00. The number of phenols is 1. The second-order valence-electron chi connectivity index (χ2n) is 7.59. The molecule has 152 valence electrons. The molecule has 2 aliphatic rings. The Hall–Kier alpha value is -2.57. The Morgan fingerprint density at radius 2 is 1.79 bits per heavy atom. The van der Waals surface area contributed by atoms with E-state index >= 15 is 0 Å². The molecule has 0 spiro atoms. The van der Waals surface area contributed by atoms with E-state index in [-0.39, 0.29) is 23.6 Å². The third-order valence-corrected chi connectivity index (χ3v) is 5.89. The van der Waals surface area contributed by atoms with Gasteiger partial charge in [-0.2, -0.15) is 5.10 Å². The first-order valence-electron chi connectivity index (χ1n) is 10.0. The lowest BCUT2D eigenvalue weighted by atomic mass is 9.91. The number of para-hydroxylation sites is 1. The lowest BCUT2D eigenvalue weighted by molar-refractivity contribution is -0.120. The van der Waals surface area contributed by atoms with Crippen LogP contribution in [-0.2, 0) is 4.79 Å². The molecule has 2 aliphatic heterocycles. The molecule has 0 bridgehead atoms. The Bertz CT molecular complexity index is 909. The lowest BCUT2D eigenvalue weighted by Crippen LogP contribution is -2.48. The van der Waals surface area contributed by atoms with Gasteiger partial charge in [0.15, 0.2) is 0 Å². The van der Waals surface area contributed by atoms with Crippen molar-refractivity contribution in [2.45, 2.75) is 32.2 Å². The zero-order valence-corrected chi connectivity index (χ0v) is 17.1. The van der Waals surface area contributed by atoms with Crippen molar-refractivity contribution in [1.82, 2.24) is 10.4 Å². The van der Waals surface area contributed by atoms with Gasteiger partial charge in [-0.15, -0.1) is 0 Å². The number of nitrogens with zero attached hydrogens (tertiary/aromatic N) is 3. The highest BCUT2D eigenvalue weighted by molar-refractivity contribution is 6.40. The molecule has 2 aromatic rings. The summed E-state index contributed by atoms with van der Waals surface area (Å²) in [5.74, 6) is -0.119. The summed E-state index contributed by atoms with van der Waals surface area (Å²) in [6.07, 6.45) is 3.38. The predicted molar refractivity (Wildman–Crippen MR) is 115 cm³/mol. The number of amides is 1. The fraction of sp³-hybridized carbons (Fsp3) is 0.364. The largest absolute Gasteiger partial charge is 0.508 e. The Morgan fingerprint density at radius 1 is 1.10 bits per heavy atom. The fourth-order valence-corrected chi connectivity index (χ4v) is 4.25. The average molecular weight is 413 g/mol. The number of benzene rings is 2. The molecule has 7 heteroatoms. The van der Waals surface area contributed by atoms with Crippen LogP contribution in [0.3, 0.4) is 0 Å². The smallest absolute Gasteiger partial charge is 0.282 e. The van der Waals surface area contributed by atoms with Gasteiger partial charge in [-0.1, -0.05) is 49.2 Å². The van der Waals surface area contributed by atoms with Crippen LogP contribution in [0.5, 0.6) is 5.75 Å². The maximum Gasteiger partial charge on any atom is 0.282 e. The number of carbonyl (C=O) groups excluding carboxylic acids is 1. The van der Waals surface area contributed by atoms with Gasteiger partial charge in [0.05, 0.1) is 16.8 Å². The van der Waals surface area contributed by atoms with Gasteiger partial charge in [-0.3, -0.25) is 15.2 Å². The molecule has 0 unspecified atom stereocenters. The van der Waals surface area contributed by atoms with E-state index in [2.05, 4.69) is 5.43 Å². The normalized spacial score (nSPS) is 22.4. The number of anilines is 1. The van der Waals surface area contributed by atoms with Gasteiger partial charge >= 0.3 is 0 Å². The summed E-state index contributed by atoms with van der Waals surface area (Å²) < 4.78 is 0. The van der Waals surface area contributed by atoms with Gasteiger partial charge in [0.1, 0.15) is 11.5 Å². The molecule has 0 radical (unpaired) electrons. The minimum Gasteiger partial charge on any atom is -0.508 e. The molecule has 2 aromatic carbocycles. The molecule has 2 heterocycles. The quantitative estimate of drug-likeness (QED) is 0.792. The molecule has 2 atom stereocenters. The van der Waals surface area contributed by atoms with Crippen LogP contribution in [0.15, 0.2) is 53.6 Å². The minimum absolute atomic E-state index is 0.152. The summed E-state index contributed by atoms with van der Waals surface area (Å²) in [7, 11) is 0. The molecule has 1 saturated heterocycles. The van der Waals surface area contributed by atoms with Crippen LogP contribution in [0.4, 0.5) is 5.69 Å². The van der Waals surface area contributed by atoms with E-state index < -0.39 is 0 Å². The van der Waals surface area contributed by atoms with Crippen LogP contribution in [0.1, 0.15) is 37.8 Å². The summed E-state index contributed by atoms with van der Waals surface area (Å²) >= 11 is 6.45. The molecule has 1 amide bonds. The zero-order valence-electron chi connectivity index (χ0n) is 16.4. The first kappa shape index (κ1) is 19.7. The van der Waals surface area contributed by atoms with E-state index in [0.29, 0.717) is 10.7 Å². The molecule has 1 fully saturated rings. The van der Waals surface area contributed by atoms with Gasteiger partial charge in [0.25, 0.3) is 5.91 Å². The number of piperidine rings is 1. The molecule has 0 aliphatic carbocycles. The van der Waals surface area contributed by atoms with Crippen molar-refractivity contribution in [3.63, 3.8) is 0 Å². The summed E-state index contributed by atoms with van der Waals surface area (Å²) in [4.78, 5) is 13.0. The van der Waals surface area contributed by atoms with Crippen molar-refractivity contribution in [3.8, 4) is 5.75 Å². The second kappa shape index (κ2) is 8.43. The summed E-state index contributed by atoms with van der Waals surface area (Å²) in [5.41, 5.74) is 5.21. The van der Waals surface area contributed by atoms with E-state index in [1.54, 1.807) is 12.1 Å². The number of hydrazine groups is 1. The Labute approximate surface area is 175 Å². The third kappa shape index (κ3) is 4.09. The first-order valence-corrected chi connectivity index (χ1v) is 10.4. The highest BCUT2D eigenvalue weighted by Crippen LogP contribution is 2.41. The van der Waals surface area contributed by atoms with Crippen molar-refractivity contribution >= 4 is 28.9 Å². The highest BCUT2D eigenvalue weighted by atomic mass is 35.5. The lowest BCUT2D eigenvalue weighted by Gasteiger charge is -2.28. The van der Waals surface area contributed by atoms with Crippen LogP contribution >= 0.6 is 11.6 Å². The van der Waals surface area contributed by atoms with Gasteiger partial charge in [-0.25, -0.2) is 5.01 Å². The molecule has 6 nitrogen and oxygen atoms in total. The van der Waals surface area contributed by atoms with Gasteiger partial charge in [0, 0.05) is 19.0 Å². The van der Waals surface area contributed by atoms with Gasteiger partial charge in [-0.05, 0) is 42.7 Å². The maximum atomic E-state index is 13.0. The Kier molecular flexibility index (Phi) is 5.74. The van der Waals surface area contributed by atoms with E-state index in [1.165, 1.54) is 6.42 Å². The molecule has 0 aromatic heterocycles. The average Bonchev–Trinajstić information content (AvgIpc) is 3.07. The Morgan fingerprint density at radius 3 is 2.48 bits per heavy atom. The van der Waals surface area contributed by atoms with Gasteiger partial charge < -0.3 is 5.11 Å². The van der Waals surface area contributed by atoms with Crippen LogP contribution in [0.2, 0.25) is 5.02 Å². The fourth-order valence-electron chi connectivity index (χ4n) is 4.03. The van der Waals surface area contributed by atoms with E-state index in [0.717, 1.165) is 37.2 Å². The van der Waals surface area contributed by atoms with Crippen LogP contribution in [0, 0.1) is 5.92 Å². The number of carbonyl (C=O) groups is 1. The number of hydrogen-bond acceptors (Lipinski definition) is 5. The SMILES string of the molecule is C[C@H]1C(C(=O)NN2CCCCC2)=NN(c2ccccc2Cl)[C@@H]1c1ccc(O)cc1. The highest BCUT2D eigenvalue weighted by Gasteiger charge is 2.40. The maximum absolute atomic E-state index is 13.0. The van der Waals surface area contributed by atoms with Gasteiger partial charge in [0.2, 0.25) is 0 Å². The van der Waals surface area contributed by atoms with Crippen LogP contribution < -0.4 is 10.4 Å². The first-order chi connectivity index (χ1) is 14.0. The van der Waals surface area contributed by atoms with Crippen molar-refractivity contribution in [2.75, 3.05) is 18.1 Å². The van der Waals surface area contributed by atoms with Crippen molar-refractivity contribution < 1.29 is 9.90 Å². The topological polar surface area (TPSA) is 68.2 Å². The van der Waals surface area contributed by atoms with E-state index in [9.17, 15) is 9.90 Å². The summed E-state index contributed by atoms with van der Waals surface area (Å²) in [6.45, 7) is 3.73. The number of halogens is 1. The predicted octanol–water partition coefficient (Wildman–Crippen LogP) is 4.12. The Balaban J connectivity index is 1.66. The monoisotopic (exact) mass is 412 g/mol. The third-order valence-electron chi connectivity index (χ3n) is 5.57. The number of rotatable bonds is 4. The molecule has 4 rings (SSSR count). The molecule has 29 heavy (non-hydrogen) atoms. The number of aromatic hydroxyl groups is 1. The van der Waals surface area contributed by atoms with E-state index in [4.69, 9.17) is 16.7 Å². The number of hydrogen-bond donors (Lipinski definition) is 2. The molecule has 2 N–H and O–H groups in total. The molecular weight excluding hydrogens is 388 g/mol. The van der Waals surface area contributed by atoms with Crippen molar-refractivity contribution in [2.24, 2.45) is 11.0 Å². The van der Waals surface area contributed by atoms with Crippen LogP contribution in [-0.4, -0.2) is 34.8 Å². The van der Waals surface area contributed by atoms with Crippen molar-refractivity contribution in [1.29, 1.82) is 0 Å². The summed E-state index contributed by atoms with van der Waals surface area (Å²) in [6, 6.07) is 14.3.